The van der Waals surface area contributed by atoms with E-state index in [2.05, 4.69) is 6.92 Å². The van der Waals surface area contributed by atoms with Crippen LogP contribution in [0.3, 0.4) is 0 Å². The first kappa shape index (κ1) is 18.0. The minimum Gasteiger partial charge on any atom is -0.504 e. The van der Waals surface area contributed by atoms with Crippen LogP contribution in [0, 0.1) is 5.92 Å². The van der Waals surface area contributed by atoms with Gasteiger partial charge in [0, 0.05) is 0 Å². The van der Waals surface area contributed by atoms with Crippen LogP contribution in [0.5, 0.6) is 23.0 Å². The van der Waals surface area contributed by atoms with Crippen molar-refractivity contribution in [2.75, 3.05) is 14.2 Å². The van der Waals surface area contributed by atoms with E-state index in [0.29, 0.717) is 17.4 Å². The molecule has 130 valence electrons. The summed E-state index contributed by atoms with van der Waals surface area (Å²) in [7, 11) is 3.13. The van der Waals surface area contributed by atoms with E-state index >= 15 is 0 Å². The van der Waals surface area contributed by atoms with Gasteiger partial charge < -0.3 is 19.7 Å². The van der Waals surface area contributed by atoms with Crippen LogP contribution < -0.4 is 9.47 Å². The zero-order chi connectivity index (χ0) is 17.5. The van der Waals surface area contributed by atoms with Crippen molar-refractivity contribution in [3.63, 3.8) is 0 Å². The zero-order valence-corrected chi connectivity index (χ0v) is 14.6. The molecule has 2 aromatic carbocycles. The lowest BCUT2D eigenvalue weighted by atomic mass is 9.94. The Morgan fingerprint density at radius 3 is 2.00 bits per heavy atom. The van der Waals surface area contributed by atoms with Gasteiger partial charge in [-0.3, -0.25) is 0 Å². The monoisotopic (exact) mass is 330 g/mol. The van der Waals surface area contributed by atoms with Gasteiger partial charge in [0.2, 0.25) is 0 Å². The lowest BCUT2D eigenvalue weighted by Gasteiger charge is -2.13. The standard InChI is InChI=1S/C20H26O4/c1-14(11-16-8-10-18(22)20(13-16)24-3)5-4-6-15-7-9-17(21)19(12-15)23-2/h7-10,12-14,21-22H,4-6,11H2,1-3H3/t14-/m0/s1. The van der Waals surface area contributed by atoms with Crippen LogP contribution in [-0.4, -0.2) is 24.4 Å². The van der Waals surface area contributed by atoms with E-state index in [9.17, 15) is 10.2 Å². The molecule has 0 heterocycles. The number of aryl methyl sites for hydroxylation is 1. The van der Waals surface area contributed by atoms with Crippen molar-refractivity contribution in [1.82, 2.24) is 0 Å². The highest BCUT2D eigenvalue weighted by Gasteiger charge is 2.08. The maximum absolute atomic E-state index is 9.65. The highest BCUT2D eigenvalue weighted by atomic mass is 16.5. The number of ether oxygens (including phenoxy) is 2. The summed E-state index contributed by atoms with van der Waals surface area (Å²) in [5.41, 5.74) is 2.34. The normalized spacial score (nSPS) is 12.0. The molecule has 0 aliphatic carbocycles. The van der Waals surface area contributed by atoms with Crippen LogP contribution in [0.2, 0.25) is 0 Å². The van der Waals surface area contributed by atoms with Gasteiger partial charge >= 0.3 is 0 Å². The van der Waals surface area contributed by atoms with E-state index in [1.807, 2.05) is 24.3 Å². The molecule has 0 aromatic heterocycles. The Bertz CT molecular complexity index is 667. The van der Waals surface area contributed by atoms with E-state index in [-0.39, 0.29) is 11.5 Å². The van der Waals surface area contributed by atoms with Gasteiger partial charge in [0.05, 0.1) is 14.2 Å². The van der Waals surface area contributed by atoms with Crippen molar-refractivity contribution in [2.45, 2.75) is 32.6 Å². The summed E-state index contributed by atoms with van der Waals surface area (Å²) in [5.74, 6) is 1.94. The van der Waals surface area contributed by atoms with Crippen molar-refractivity contribution in [1.29, 1.82) is 0 Å². The third-order valence-corrected chi connectivity index (χ3v) is 4.23. The summed E-state index contributed by atoms with van der Waals surface area (Å²) in [4.78, 5) is 0. The van der Waals surface area contributed by atoms with Gasteiger partial charge in [0.1, 0.15) is 0 Å². The average molecular weight is 330 g/mol. The third kappa shape index (κ3) is 4.82. The van der Waals surface area contributed by atoms with Gasteiger partial charge in [-0.1, -0.05) is 25.5 Å². The van der Waals surface area contributed by atoms with E-state index in [4.69, 9.17) is 9.47 Å². The van der Waals surface area contributed by atoms with Gasteiger partial charge in [0.25, 0.3) is 0 Å². The SMILES string of the molecule is COc1cc(CCC[C@H](C)Cc2ccc(O)c(OC)c2)ccc1O. The minimum absolute atomic E-state index is 0.176. The zero-order valence-electron chi connectivity index (χ0n) is 14.6. The third-order valence-electron chi connectivity index (χ3n) is 4.23. The maximum atomic E-state index is 9.65. The Morgan fingerprint density at radius 2 is 1.42 bits per heavy atom. The molecule has 0 aliphatic rings. The van der Waals surface area contributed by atoms with Gasteiger partial charge in [-0.05, 0) is 60.6 Å². The van der Waals surface area contributed by atoms with Crippen LogP contribution >= 0.6 is 0 Å². The molecule has 24 heavy (non-hydrogen) atoms. The number of hydrogen-bond acceptors (Lipinski definition) is 4. The number of rotatable bonds is 8. The van der Waals surface area contributed by atoms with Crippen molar-refractivity contribution in [3.05, 3.63) is 47.5 Å². The highest BCUT2D eigenvalue weighted by molar-refractivity contribution is 5.42. The summed E-state index contributed by atoms with van der Waals surface area (Å²) < 4.78 is 10.3. The Labute approximate surface area is 143 Å². The first-order chi connectivity index (χ1) is 11.5. The number of benzene rings is 2. The molecule has 0 radical (unpaired) electrons. The van der Waals surface area contributed by atoms with Gasteiger partial charge in [0.15, 0.2) is 23.0 Å². The molecule has 1 atom stereocenters. The Kier molecular flexibility index (Phi) is 6.36. The number of phenols is 2. The predicted octanol–water partition coefficient (Wildman–Crippen LogP) is 4.32. The molecule has 0 bridgehead atoms. The number of hydrogen-bond donors (Lipinski definition) is 2. The minimum atomic E-state index is 0.176. The van der Waals surface area contributed by atoms with Crippen molar-refractivity contribution in [3.8, 4) is 23.0 Å². The first-order valence-corrected chi connectivity index (χ1v) is 8.25. The number of aromatic hydroxyl groups is 2. The van der Waals surface area contributed by atoms with E-state index < -0.39 is 0 Å². The predicted molar refractivity (Wildman–Crippen MR) is 95.1 cm³/mol. The molecule has 2 rings (SSSR count). The van der Waals surface area contributed by atoms with Crippen LogP contribution in [0.4, 0.5) is 0 Å². The number of methoxy groups -OCH3 is 2. The van der Waals surface area contributed by atoms with Crippen LogP contribution in [0.15, 0.2) is 36.4 Å². The molecule has 2 aromatic rings. The fourth-order valence-electron chi connectivity index (χ4n) is 2.89. The summed E-state index contributed by atoms with van der Waals surface area (Å²) in [6.07, 6.45) is 4.09. The Morgan fingerprint density at radius 1 is 0.875 bits per heavy atom. The summed E-state index contributed by atoms with van der Waals surface area (Å²) in [5, 5.41) is 19.3. The molecule has 0 spiro atoms. The van der Waals surface area contributed by atoms with Crippen LogP contribution in [0.1, 0.15) is 30.9 Å². The van der Waals surface area contributed by atoms with Gasteiger partial charge in [-0.15, -0.1) is 0 Å². The second kappa shape index (κ2) is 8.48. The van der Waals surface area contributed by atoms with Crippen LogP contribution in [0.25, 0.3) is 0 Å². The molecular formula is C20H26O4. The molecule has 0 saturated heterocycles. The molecule has 0 unspecified atom stereocenters. The fourth-order valence-corrected chi connectivity index (χ4v) is 2.89. The summed E-state index contributed by atoms with van der Waals surface area (Å²) in [6, 6.07) is 11.0. The molecule has 2 N–H and O–H groups in total. The summed E-state index contributed by atoms with van der Waals surface area (Å²) in [6.45, 7) is 2.23. The molecule has 4 heteroatoms. The highest BCUT2D eigenvalue weighted by Crippen LogP contribution is 2.29. The lowest BCUT2D eigenvalue weighted by Crippen LogP contribution is -2.01. The average Bonchev–Trinajstić information content (AvgIpc) is 2.58. The van der Waals surface area contributed by atoms with E-state index in [0.717, 1.165) is 25.7 Å². The van der Waals surface area contributed by atoms with Gasteiger partial charge in [-0.2, -0.15) is 0 Å². The molecule has 4 nitrogen and oxygen atoms in total. The van der Waals surface area contributed by atoms with E-state index in [1.54, 1.807) is 26.4 Å². The fraction of sp³-hybridized carbons (Fsp3) is 0.400. The lowest BCUT2D eigenvalue weighted by molar-refractivity contribution is 0.372. The number of phenolic OH excluding ortho intramolecular Hbond substituents is 2. The molecule has 0 amide bonds. The molecular weight excluding hydrogens is 304 g/mol. The van der Waals surface area contributed by atoms with Crippen molar-refractivity contribution >= 4 is 0 Å². The Hall–Kier alpha value is -2.36. The molecule has 0 saturated carbocycles. The maximum Gasteiger partial charge on any atom is 0.160 e. The Balaban J connectivity index is 1.84. The van der Waals surface area contributed by atoms with Crippen molar-refractivity contribution < 1.29 is 19.7 Å². The van der Waals surface area contributed by atoms with E-state index in [1.165, 1.54) is 11.1 Å². The molecule has 0 fully saturated rings. The first-order valence-electron chi connectivity index (χ1n) is 8.25. The smallest absolute Gasteiger partial charge is 0.160 e. The van der Waals surface area contributed by atoms with Crippen LogP contribution in [-0.2, 0) is 12.8 Å². The topological polar surface area (TPSA) is 58.9 Å². The quantitative estimate of drug-likeness (QED) is 0.757. The largest absolute Gasteiger partial charge is 0.504 e. The van der Waals surface area contributed by atoms with Gasteiger partial charge in [-0.25, -0.2) is 0 Å². The second-order valence-corrected chi connectivity index (χ2v) is 6.21. The van der Waals surface area contributed by atoms with Crippen molar-refractivity contribution in [2.24, 2.45) is 5.92 Å². The summed E-state index contributed by atoms with van der Waals surface area (Å²) >= 11 is 0. The molecule has 0 aliphatic heterocycles. The second-order valence-electron chi connectivity index (χ2n) is 6.21.